The second kappa shape index (κ2) is 3.66. The predicted octanol–water partition coefficient (Wildman–Crippen LogP) is 2.61. The number of halogens is 3. The molecule has 0 bridgehead atoms. The van der Waals surface area contributed by atoms with Crippen LogP contribution >= 0.6 is 11.6 Å². The summed E-state index contributed by atoms with van der Waals surface area (Å²) in [6.07, 6.45) is 0. The molecule has 70 valence electrons. The van der Waals surface area contributed by atoms with Crippen LogP contribution in [0.25, 0.3) is 0 Å². The highest BCUT2D eigenvalue weighted by Gasteiger charge is 2.20. The first-order valence-electron chi connectivity index (χ1n) is 3.24. The first-order valence-corrected chi connectivity index (χ1v) is 3.78. The predicted molar refractivity (Wildman–Crippen MR) is 42.6 cm³/mol. The zero-order valence-corrected chi connectivity index (χ0v) is 7.02. The summed E-state index contributed by atoms with van der Waals surface area (Å²) in [7, 11) is 0. The fourth-order valence-corrected chi connectivity index (χ4v) is 1.13. The molecular weight excluding hydrogens is 204 g/mol. The molecule has 1 aromatic carbocycles. The molecule has 0 fully saturated rings. The molecule has 1 rings (SSSR count). The number of hydrogen-bond acceptors (Lipinski definition) is 2. The normalized spacial score (nSPS) is 10.1. The van der Waals surface area contributed by atoms with Gasteiger partial charge in [0.25, 0.3) is 0 Å². The largest absolute Gasteiger partial charge is 0.309 e. The fraction of sp³-hybridized carbons (Fsp3) is 0.143. The second-order valence-electron chi connectivity index (χ2n) is 2.29. The number of alkyl halides is 1. The number of nitro groups is 1. The van der Waals surface area contributed by atoms with Crippen molar-refractivity contribution in [2.24, 2.45) is 0 Å². The average molecular weight is 208 g/mol. The molecule has 0 unspecified atom stereocenters. The van der Waals surface area contributed by atoms with Crippen LogP contribution in [0, 0.1) is 21.7 Å². The number of nitrogens with zero attached hydrogens (tertiary/aromatic N) is 1. The molecule has 0 saturated heterocycles. The van der Waals surface area contributed by atoms with E-state index in [1.54, 1.807) is 0 Å². The Kier molecular flexibility index (Phi) is 2.77. The van der Waals surface area contributed by atoms with E-state index < -0.39 is 22.2 Å². The molecule has 3 nitrogen and oxygen atoms in total. The molecule has 0 atom stereocenters. The quantitative estimate of drug-likeness (QED) is 0.425. The topological polar surface area (TPSA) is 43.1 Å². The molecule has 0 aliphatic carbocycles. The minimum Gasteiger partial charge on any atom is -0.258 e. The maximum atomic E-state index is 12.8. The van der Waals surface area contributed by atoms with Gasteiger partial charge < -0.3 is 0 Å². The highest BCUT2D eigenvalue weighted by molar-refractivity contribution is 6.17. The molecule has 13 heavy (non-hydrogen) atoms. The summed E-state index contributed by atoms with van der Waals surface area (Å²) < 4.78 is 25.3. The maximum Gasteiger partial charge on any atom is 0.309 e. The highest BCUT2D eigenvalue weighted by Crippen LogP contribution is 2.25. The van der Waals surface area contributed by atoms with Gasteiger partial charge in [-0.25, -0.2) is 4.39 Å². The second-order valence-corrected chi connectivity index (χ2v) is 2.55. The third kappa shape index (κ3) is 1.92. The number of rotatable bonds is 2. The lowest BCUT2D eigenvalue weighted by molar-refractivity contribution is -0.388. The number of nitro benzene ring substituents is 1. The van der Waals surface area contributed by atoms with Crippen molar-refractivity contribution in [1.82, 2.24) is 0 Å². The number of hydrogen-bond donors (Lipinski definition) is 0. The Bertz CT molecular complexity index is 357. The van der Waals surface area contributed by atoms with Gasteiger partial charge >= 0.3 is 5.69 Å². The first-order chi connectivity index (χ1) is 6.06. The van der Waals surface area contributed by atoms with E-state index in [0.29, 0.717) is 6.07 Å². The molecule has 0 saturated carbocycles. The summed E-state index contributed by atoms with van der Waals surface area (Å²) in [6, 6.07) is 1.29. The van der Waals surface area contributed by atoms with Crippen LogP contribution in [0.15, 0.2) is 12.1 Å². The summed E-state index contributed by atoms with van der Waals surface area (Å²) in [5.74, 6) is -2.38. The Hall–Kier alpha value is -1.23. The summed E-state index contributed by atoms with van der Waals surface area (Å²) in [5.41, 5.74) is -0.930. The molecular formula is C7H4ClF2NO2. The molecule has 1 aromatic rings. The van der Waals surface area contributed by atoms with Crippen LogP contribution in [0.2, 0.25) is 0 Å². The fourth-order valence-electron chi connectivity index (χ4n) is 0.926. The van der Waals surface area contributed by atoms with Gasteiger partial charge in [-0.15, -0.1) is 11.6 Å². The zero-order valence-electron chi connectivity index (χ0n) is 6.26. The monoisotopic (exact) mass is 207 g/mol. The van der Waals surface area contributed by atoms with Crippen LogP contribution in [0.5, 0.6) is 0 Å². The van der Waals surface area contributed by atoms with Gasteiger partial charge in [0.05, 0.1) is 16.4 Å². The molecule has 0 amide bonds. The van der Waals surface area contributed by atoms with Crippen molar-refractivity contribution < 1.29 is 13.7 Å². The third-order valence-corrected chi connectivity index (χ3v) is 1.72. The minimum atomic E-state index is -1.21. The van der Waals surface area contributed by atoms with Crippen molar-refractivity contribution in [2.45, 2.75) is 5.88 Å². The molecule has 0 aliphatic heterocycles. The van der Waals surface area contributed by atoms with Crippen molar-refractivity contribution in [3.05, 3.63) is 39.4 Å². The van der Waals surface area contributed by atoms with Crippen LogP contribution in [0.3, 0.4) is 0 Å². The van der Waals surface area contributed by atoms with Crippen molar-refractivity contribution in [3.63, 3.8) is 0 Å². The SMILES string of the molecule is O=[N+]([O-])c1c(F)cc(F)cc1CCl. The van der Waals surface area contributed by atoms with Gasteiger partial charge in [0.1, 0.15) is 5.82 Å². The molecule has 0 aromatic heterocycles. The maximum absolute atomic E-state index is 12.8. The molecule has 0 aliphatic rings. The van der Waals surface area contributed by atoms with E-state index in [-0.39, 0.29) is 11.4 Å². The molecule has 0 heterocycles. The first kappa shape index (κ1) is 9.85. The van der Waals surface area contributed by atoms with Crippen molar-refractivity contribution >= 4 is 17.3 Å². The van der Waals surface area contributed by atoms with E-state index in [2.05, 4.69) is 0 Å². The summed E-state index contributed by atoms with van der Waals surface area (Å²) >= 11 is 5.28. The summed E-state index contributed by atoms with van der Waals surface area (Å²) in [5, 5.41) is 10.3. The van der Waals surface area contributed by atoms with Crippen LogP contribution in [-0.4, -0.2) is 4.92 Å². The van der Waals surface area contributed by atoms with E-state index in [1.165, 1.54) is 0 Å². The molecule has 0 N–H and O–H groups in total. The average Bonchev–Trinajstić information content (AvgIpc) is 2.01. The molecule has 0 radical (unpaired) electrons. The van der Waals surface area contributed by atoms with Crippen LogP contribution in [0.1, 0.15) is 5.56 Å². The van der Waals surface area contributed by atoms with Gasteiger partial charge in [-0.1, -0.05) is 0 Å². The highest BCUT2D eigenvalue weighted by atomic mass is 35.5. The number of benzene rings is 1. The van der Waals surface area contributed by atoms with Crippen molar-refractivity contribution in [3.8, 4) is 0 Å². The smallest absolute Gasteiger partial charge is 0.258 e. The van der Waals surface area contributed by atoms with Gasteiger partial charge in [-0.3, -0.25) is 10.1 Å². The van der Waals surface area contributed by atoms with Crippen LogP contribution in [-0.2, 0) is 5.88 Å². The summed E-state index contributed by atoms with van der Waals surface area (Å²) in [6.45, 7) is 0. The minimum absolute atomic E-state index is 0.163. The van der Waals surface area contributed by atoms with Gasteiger partial charge in [0, 0.05) is 6.07 Å². The van der Waals surface area contributed by atoms with Crippen molar-refractivity contribution in [1.29, 1.82) is 0 Å². The lowest BCUT2D eigenvalue weighted by Gasteiger charge is -1.99. The Morgan fingerprint density at radius 2 is 2.08 bits per heavy atom. The van der Waals surface area contributed by atoms with E-state index in [0.717, 1.165) is 6.07 Å². The van der Waals surface area contributed by atoms with Gasteiger partial charge in [0.2, 0.25) is 5.82 Å². The van der Waals surface area contributed by atoms with Crippen LogP contribution in [0.4, 0.5) is 14.5 Å². The molecule has 6 heteroatoms. The van der Waals surface area contributed by atoms with Gasteiger partial charge in [0.15, 0.2) is 0 Å². The van der Waals surface area contributed by atoms with E-state index in [4.69, 9.17) is 11.6 Å². The van der Waals surface area contributed by atoms with Crippen molar-refractivity contribution in [2.75, 3.05) is 0 Å². The van der Waals surface area contributed by atoms with E-state index in [1.807, 2.05) is 0 Å². The van der Waals surface area contributed by atoms with Gasteiger partial charge in [-0.2, -0.15) is 4.39 Å². The third-order valence-electron chi connectivity index (χ3n) is 1.43. The lowest BCUT2D eigenvalue weighted by Crippen LogP contribution is -1.98. The lowest BCUT2D eigenvalue weighted by atomic mass is 10.2. The summed E-state index contributed by atoms with van der Waals surface area (Å²) in [4.78, 5) is 9.37. The van der Waals surface area contributed by atoms with Crippen LogP contribution < -0.4 is 0 Å². The Morgan fingerprint density at radius 3 is 2.54 bits per heavy atom. The molecule has 0 spiro atoms. The van der Waals surface area contributed by atoms with E-state index in [9.17, 15) is 18.9 Å². The Balaban J connectivity index is 3.38. The Labute approximate surface area is 77.1 Å². The standard InChI is InChI=1S/C7H4ClF2NO2/c8-3-4-1-5(9)2-6(10)7(4)11(12)13/h1-2H,3H2. The zero-order chi connectivity index (χ0) is 10.0. The van der Waals surface area contributed by atoms with E-state index >= 15 is 0 Å². The van der Waals surface area contributed by atoms with Gasteiger partial charge in [-0.05, 0) is 6.07 Å². The Morgan fingerprint density at radius 1 is 1.46 bits per heavy atom.